The lowest BCUT2D eigenvalue weighted by molar-refractivity contribution is -0.870. The van der Waals surface area contributed by atoms with E-state index in [1.54, 1.807) is 0 Å². The summed E-state index contributed by atoms with van der Waals surface area (Å²) < 4.78 is 33.7. The second kappa shape index (κ2) is 26.8. The van der Waals surface area contributed by atoms with Crippen LogP contribution in [0.2, 0.25) is 0 Å². The quantitative estimate of drug-likeness (QED) is 0.0258. The molecule has 0 bridgehead atoms. The zero-order valence-corrected chi connectivity index (χ0v) is 28.5. The van der Waals surface area contributed by atoms with Crippen molar-refractivity contribution in [2.24, 2.45) is 0 Å². The van der Waals surface area contributed by atoms with Crippen LogP contribution in [0.15, 0.2) is 72.9 Å². The van der Waals surface area contributed by atoms with E-state index in [0.717, 1.165) is 25.7 Å². The van der Waals surface area contributed by atoms with Gasteiger partial charge in [-0.1, -0.05) is 99.6 Å². The predicted octanol–water partition coefficient (Wildman–Crippen LogP) is 7.56. The normalized spacial score (nSPS) is 15.0. The van der Waals surface area contributed by atoms with Gasteiger partial charge in [0, 0.05) is 12.8 Å². The molecule has 9 nitrogen and oxygen atoms in total. The molecule has 0 heterocycles. The number of carbonyl (C=O) groups is 2. The van der Waals surface area contributed by atoms with Gasteiger partial charge in [-0.3, -0.25) is 18.6 Å². The lowest BCUT2D eigenvalue weighted by atomic mass is 10.2. The highest BCUT2D eigenvalue weighted by molar-refractivity contribution is 7.47. The van der Waals surface area contributed by atoms with Crippen LogP contribution in [0, 0.1) is 0 Å². The SMILES string of the molecule is CC/C=C/C=C/C=C/C=C/C=C/CCCC(=O)OC(COC(=O)CC/C=C/CCCCC)COP(=O)(O)OCC[N+](C)(C)C. The molecule has 0 saturated carbocycles. The predicted molar refractivity (Wildman–Crippen MR) is 178 cm³/mol. The van der Waals surface area contributed by atoms with Gasteiger partial charge in [0.2, 0.25) is 0 Å². The van der Waals surface area contributed by atoms with Crippen molar-refractivity contribution < 1.29 is 42.1 Å². The molecular formula is C34H57NO8P+. The molecule has 0 aromatic carbocycles. The number of ether oxygens (including phenoxy) is 2. The van der Waals surface area contributed by atoms with Crippen LogP contribution in [0.3, 0.4) is 0 Å². The van der Waals surface area contributed by atoms with Gasteiger partial charge >= 0.3 is 19.8 Å². The molecule has 0 amide bonds. The number of nitrogens with zero attached hydrogens (tertiary/aromatic N) is 1. The maximum Gasteiger partial charge on any atom is 0.472 e. The monoisotopic (exact) mass is 638 g/mol. The Morgan fingerprint density at radius 2 is 1.34 bits per heavy atom. The maximum absolute atomic E-state index is 12.5. The van der Waals surface area contributed by atoms with Crippen molar-refractivity contribution in [2.75, 3.05) is 47.5 Å². The summed E-state index contributed by atoms with van der Waals surface area (Å²) in [6.45, 7) is 4.01. The van der Waals surface area contributed by atoms with E-state index in [9.17, 15) is 19.0 Å². The highest BCUT2D eigenvalue weighted by Gasteiger charge is 2.26. The van der Waals surface area contributed by atoms with Crippen molar-refractivity contribution in [2.45, 2.75) is 84.2 Å². The molecule has 250 valence electrons. The van der Waals surface area contributed by atoms with Gasteiger partial charge in [-0.2, -0.15) is 0 Å². The maximum atomic E-state index is 12.5. The fourth-order valence-electron chi connectivity index (χ4n) is 3.35. The van der Waals surface area contributed by atoms with E-state index in [1.165, 1.54) is 6.42 Å². The van der Waals surface area contributed by atoms with Crippen LogP contribution < -0.4 is 0 Å². The van der Waals surface area contributed by atoms with Crippen LogP contribution in [0.25, 0.3) is 0 Å². The topological polar surface area (TPSA) is 108 Å². The first-order chi connectivity index (χ1) is 21.0. The van der Waals surface area contributed by atoms with Gasteiger partial charge in [0.15, 0.2) is 6.10 Å². The molecule has 10 heteroatoms. The third kappa shape index (κ3) is 29.5. The Balaban J connectivity index is 4.75. The highest BCUT2D eigenvalue weighted by Crippen LogP contribution is 2.43. The minimum Gasteiger partial charge on any atom is -0.462 e. The fourth-order valence-corrected chi connectivity index (χ4v) is 4.09. The summed E-state index contributed by atoms with van der Waals surface area (Å²) in [5, 5.41) is 0. The van der Waals surface area contributed by atoms with Gasteiger partial charge in [0.1, 0.15) is 19.8 Å². The third-order valence-electron chi connectivity index (χ3n) is 5.86. The summed E-state index contributed by atoms with van der Waals surface area (Å²) in [4.78, 5) is 34.8. The average molecular weight is 639 g/mol. The summed E-state index contributed by atoms with van der Waals surface area (Å²) in [6.07, 6.45) is 30.1. The van der Waals surface area contributed by atoms with E-state index in [-0.39, 0.29) is 26.1 Å². The van der Waals surface area contributed by atoms with Crippen molar-refractivity contribution in [3.63, 3.8) is 0 Å². The van der Waals surface area contributed by atoms with Crippen molar-refractivity contribution in [1.29, 1.82) is 0 Å². The second-order valence-corrected chi connectivity index (χ2v) is 12.7. The van der Waals surface area contributed by atoms with Gasteiger partial charge < -0.3 is 18.9 Å². The molecule has 44 heavy (non-hydrogen) atoms. The Bertz CT molecular complexity index is 992. The Morgan fingerprint density at radius 3 is 1.98 bits per heavy atom. The minimum absolute atomic E-state index is 0.00929. The van der Waals surface area contributed by atoms with E-state index < -0.39 is 32.5 Å². The summed E-state index contributed by atoms with van der Waals surface area (Å²) in [5.74, 6) is -0.966. The standard InChI is InChI=1S/C34H56NO8P/c1-6-8-10-12-14-15-16-17-18-19-21-23-25-27-34(37)43-32(31-42-44(38,39)41-29-28-35(3,4)5)30-40-33(36)26-24-22-20-13-11-9-7-2/h8,10,12,14-22,32H,6-7,9,11,13,23-31H2,1-5H3/p+1/b10-8+,14-12+,16-15+,18-17+,21-19+,22-20+. The molecule has 0 aliphatic carbocycles. The van der Waals surface area contributed by atoms with Gasteiger partial charge in [-0.05, 0) is 38.5 Å². The Labute approximate surface area is 266 Å². The van der Waals surface area contributed by atoms with Crippen LogP contribution in [0.5, 0.6) is 0 Å². The fraction of sp³-hybridized carbons (Fsp3) is 0.588. The molecule has 2 unspecified atom stereocenters. The molecule has 2 atom stereocenters. The molecule has 0 fully saturated rings. The molecule has 0 spiro atoms. The first-order valence-corrected chi connectivity index (χ1v) is 17.2. The number of carbonyl (C=O) groups excluding carboxylic acids is 2. The lowest BCUT2D eigenvalue weighted by Crippen LogP contribution is -2.37. The van der Waals surface area contributed by atoms with Crippen LogP contribution in [-0.2, 0) is 32.7 Å². The minimum atomic E-state index is -4.39. The van der Waals surface area contributed by atoms with E-state index >= 15 is 0 Å². The average Bonchev–Trinajstić information content (AvgIpc) is 2.95. The molecule has 0 aromatic heterocycles. The molecule has 0 aliphatic rings. The summed E-state index contributed by atoms with van der Waals surface area (Å²) in [5.41, 5.74) is 0. The zero-order valence-electron chi connectivity index (χ0n) is 27.6. The number of unbranched alkanes of at least 4 members (excludes halogenated alkanes) is 4. The molecule has 0 saturated heterocycles. The number of rotatable bonds is 26. The zero-order chi connectivity index (χ0) is 32.9. The first-order valence-electron chi connectivity index (χ1n) is 15.7. The lowest BCUT2D eigenvalue weighted by Gasteiger charge is -2.24. The van der Waals surface area contributed by atoms with Crippen molar-refractivity contribution >= 4 is 19.8 Å². The molecule has 0 radical (unpaired) electrons. The smallest absolute Gasteiger partial charge is 0.462 e. The van der Waals surface area contributed by atoms with Crippen molar-refractivity contribution in [1.82, 2.24) is 0 Å². The largest absolute Gasteiger partial charge is 0.472 e. The Kier molecular flexibility index (Phi) is 25.3. The molecule has 0 aliphatic heterocycles. The summed E-state index contributed by atoms with van der Waals surface area (Å²) in [7, 11) is 1.39. The number of quaternary nitrogens is 1. The van der Waals surface area contributed by atoms with E-state index in [2.05, 4.69) is 26.0 Å². The molecular weight excluding hydrogens is 581 g/mol. The van der Waals surface area contributed by atoms with Gasteiger partial charge in [0.25, 0.3) is 0 Å². The number of allylic oxidation sites excluding steroid dienone is 12. The highest BCUT2D eigenvalue weighted by atomic mass is 31.2. The van der Waals surface area contributed by atoms with Gasteiger partial charge in [-0.15, -0.1) is 0 Å². The van der Waals surface area contributed by atoms with Crippen LogP contribution in [-0.4, -0.2) is 74.9 Å². The van der Waals surface area contributed by atoms with E-state index in [1.807, 2.05) is 81.9 Å². The Morgan fingerprint density at radius 1 is 0.727 bits per heavy atom. The molecule has 0 aromatic rings. The van der Waals surface area contributed by atoms with E-state index in [0.29, 0.717) is 30.3 Å². The summed E-state index contributed by atoms with van der Waals surface area (Å²) >= 11 is 0. The molecule has 1 N–H and O–H groups in total. The number of phosphoric ester groups is 1. The Hall–Kier alpha value is -2.55. The number of esters is 2. The van der Waals surface area contributed by atoms with Gasteiger partial charge in [-0.25, -0.2) is 4.57 Å². The number of hydrogen-bond donors (Lipinski definition) is 1. The van der Waals surface area contributed by atoms with Crippen LogP contribution >= 0.6 is 7.82 Å². The number of hydrogen-bond acceptors (Lipinski definition) is 7. The number of phosphoric acid groups is 1. The third-order valence-corrected chi connectivity index (χ3v) is 6.85. The van der Waals surface area contributed by atoms with Crippen LogP contribution in [0.1, 0.15) is 78.1 Å². The molecule has 0 rings (SSSR count). The second-order valence-electron chi connectivity index (χ2n) is 11.2. The van der Waals surface area contributed by atoms with Crippen molar-refractivity contribution in [3.8, 4) is 0 Å². The van der Waals surface area contributed by atoms with Crippen molar-refractivity contribution in [3.05, 3.63) is 72.9 Å². The van der Waals surface area contributed by atoms with E-state index in [4.69, 9.17) is 18.5 Å². The number of likely N-dealkylation sites (N-methyl/N-ethyl adjacent to an activating group) is 1. The summed E-state index contributed by atoms with van der Waals surface area (Å²) in [6, 6.07) is 0. The van der Waals surface area contributed by atoms with Crippen LogP contribution in [0.4, 0.5) is 0 Å². The van der Waals surface area contributed by atoms with Gasteiger partial charge in [0.05, 0.1) is 27.7 Å². The first kappa shape index (κ1) is 41.4.